The fourth-order valence-electron chi connectivity index (χ4n) is 1.64. The van der Waals surface area contributed by atoms with Crippen LogP contribution in [-0.4, -0.2) is 24.7 Å². The molecule has 0 saturated carbocycles. The van der Waals surface area contributed by atoms with Gasteiger partial charge in [0, 0.05) is 29.4 Å². The molecule has 102 valence electrons. The number of nitrogens with one attached hydrogen (secondary N) is 1. The van der Waals surface area contributed by atoms with Gasteiger partial charge in [-0.25, -0.2) is 4.98 Å². The summed E-state index contributed by atoms with van der Waals surface area (Å²) in [6.07, 6.45) is 0.975. The second-order valence-electron chi connectivity index (χ2n) is 4.16. The van der Waals surface area contributed by atoms with E-state index in [0.717, 1.165) is 34.7 Å². The first-order chi connectivity index (χ1) is 9.24. The Bertz CT molecular complexity index is 498. The van der Waals surface area contributed by atoms with Crippen molar-refractivity contribution in [3.8, 4) is 5.75 Å². The van der Waals surface area contributed by atoms with Crippen LogP contribution in [0.1, 0.15) is 10.7 Å². The molecule has 1 heterocycles. The first-order valence-corrected chi connectivity index (χ1v) is 7.91. The summed E-state index contributed by atoms with van der Waals surface area (Å²) in [5.41, 5.74) is 1.17. The Kier molecular flexibility index (Phi) is 5.82. The van der Waals surface area contributed by atoms with Gasteiger partial charge in [0.2, 0.25) is 0 Å². The predicted octanol–water partition coefficient (Wildman–Crippen LogP) is 3.43. The van der Waals surface area contributed by atoms with Crippen molar-refractivity contribution in [3.63, 3.8) is 0 Å². The summed E-state index contributed by atoms with van der Waals surface area (Å²) in [5, 5.41) is 6.61. The van der Waals surface area contributed by atoms with Crippen molar-refractivity contribution >= 4 is 27.3 Å². The monoisotopic (exact) mass is 340 g/mol. The van der Waals surface area contributed by atoms with Crippen molar-refractivity contribution in [2.75, 3.05) is 19.7 Å². The molecule has 0 aliphatic rings. The number of nitrogens with zero attached hydrogens (tertiary/aromatic N) is 1. The van der Waals surface area contributed by atoms with Gasteiger partial charge >= 0.3 is 0 Å². The van der Waals surface area contributed by atoms with E-state index in [-0.39, 0.29) is 0 Å². The third-order valence-electron chi connectivity index (χ3n) is 2.59. The Labute approximate surface area is 126 Å². The van der Waals surface area contributed by atoms with Gasteiger partial charge in [-0.15, -0.1) is 11.3 Å². The molecule has 0 bridgehead atoms. The van der Waals surface area contributed by atoms with Gasteiger partial charge in [0.15, 0.2) is 0 Å². The highest BCUT2D eigenvalue weighted by Crippen LogP contribution is 2.15. The number of benzene rings is 1. The van der Waals surface area contributed by atoms with Crippen molar-refractivity contribution in [2.24, 2.45) is 0 Å². The van der Waals surface area contributed by atoms with Crippen LogP contribution in [0.25, 0.3) is 0 Å². The zero-order valence-electron chi connectivity index (χ0n) is 10.9. The molecule has 2 rings (SSSR count). The van der Waals surface area contributed by atoms with Crippen LogP contribution < -0.4 is 10.1 Å². The molecule has 3 nitrogen and oxygen atoms in total. The van der Waals surface area contributed by atoms with Crippen LogP contribution >= 0.6 is 27.3 Å². The van der Waals surface area contributed by atoms with Crippen LogP contribution in [0.4, 0.5) is 0 Å². The van der Waals surface area contributed by atoms with Gasteiger partial charge in [-0.05, 0) is 31.2 Å². The predicted molar refractivity (Wildman–Crippen MR) is 83.1 cm³/mol. The topological polar surface area (TPSA) is 34.2 Å². The number of rotatable bonds is 7. The number of hydrogen-bond acceptors (Lipinski definition) is 4. The molecule has 0 aliphatic heterocycles. The molecule has 0 spiro atoms. The number of ether oxygens (including phenoxy) is 1. The maximum atomic E-state index is 5.62. The largest absolute Gasteiger partial charge is 0.492 e. The third kappa shape index (κ3) is 5.30. The molecule has 0 amide bonds. The molecule has 5 heteroatoms. The summed E-state index contributed by atoms with van der Waals surface area (Å²) in [4.78, 5) is 4.43. The van der Waals surface area contributed by atoms with E-state index in [2.05, 4.69) is 31.6 Å². The van der Waals surface area contributed by atoms with Crippen LogP contribution in [-0.2, 0) is 6.42 Å². The van der Waals surface area contributed by atoms with Gasteiger partial charge in [0.1, 0.15) is 12.4 Å². The molecule has 0 unspecified atom stereocenters. The summed E-state index contributed by atoms with van der Waals surface area (Å²) >= 11 is 5.10. The lowest BCUT2D eigenvalue weighted by Gasteiger charge is -2.07. The molecule has 0 fully saturated rings. The third-order valence-corrected chi connectivity index (χ3v) is 3.94. The summed E-state index contributed by atoms with van der Waals surface area (Å²) in [6.45, 7) is 4.50. The lowest BCUT2D eigenvalue weighted by molar-refractivity contribution is 0.314. The molecule has 1 aromatic heterocycles. The van der Waals surface area contributed by atoms with Crippen LogP contribution in [0.5, 0.6) is 5.75 Å². The number of hydrogen-bond donors (Lipinski definition) is 1. The van der Waals surface area contributed by atoms with Crippen LogP contribution in [0.2, 0.25) is 0 Å². The standard InChI is InChI=1S/C14H17BrN2OS/c1-11-17-13(10-19-11)6-7-16-8-9-18-14-4-2-12(15)3-5-14/h2-5,10,16H,6-9H2,1H3. The molecule has 0 radical (unpaired) electrons. The molecule has 0 saturated heterocycles. The Morgan fingerprint density at radius 1 is 1.26 bits per heavy atom. The highest BCUT2D eigenvalue weighted by atomic mass is 79.9. The van der Waals surface area contributed by atoms with E-state index >= 15 is 0 Å². The van der Waals surface area contributed by atoms with Gasteiger partial charge in [-0.3, -0.25) is 0 Å². The minimum atomic E-state index is 0.678. The summed E-state index contributed by atoms with van der Waals surface area (Å²) in [5.74, 6) is 0.903. The van der Waals surface area contributed by atoms with Gasteiger partial charge in [0.05, 0.1) is 10.7 Å². The maximum absolute atomic E-state index is 5.62. The number of thiazole rings is 1. The lowest BCUT2D eigenvalue weighted by atomic mass is 10.3. The van der Waals surface area contributed by atoms with Gasteiger partial charge in [0.25, 0.3) is 0 Å². The second-order valence-corrected chi connectivity index (χ2v) is 6.14. The zero-order chi connectivity index (χ0) is 13.5. The number of halogens is 1. The average Bonchev–Trinajstić information content (AvgIpc) is 2.81. The normalized spacial score (nSPS) is 10.6. The second kappa shape index (κ2) is 7.62. The summed E-state index contributed by atoms with van der Waals surface area (Å²) < 4.78 is 6.69. The lowest BCUT2D eigenvalue weighted by Crippen LogP contribution is -2.23. The van der Waals surface area contributed by atoms with E-state index in [1.807, 2.05) is 31.2 Å². The van der Waals surface area contributed by atoms with E-state index < -0.39 is 0 Å². The van der Waals surface area contributed by atoms with Gasteiger partial charge in [-0.1, -0.05) is 15.9 Å². The molecular weight excluding hydrogens is 324 g/mol. The number of aromatic nitrogens is 1. The molecule has 1 N–H and O–H groups in total. The molecular formula is C14H17BrN2OS. The van der Waals surface area contributed by atoms with E-state index in [1.165, 1.54) is 5.69 Å². The minimum absolute atomic E-state index is 0.678. The average molecular weight is 341 g/mol. The molecule has 1 aromatic carbocycles. The van der Waals surface area contributed by atoms with E-state index in [4.69, 9.17) is 4.74 Å². The van der Waals surface area contributed by atoms with Crippen molar-refractivity contribution in [1.82, 2.24) is 10.3 Å². The Morgan fingerprint density at radius 3 is 2.74 bits per heavy atom. The fourth-order valence-corrected chi connectivity index (χ4v) is 2.55. The fraction of sp³-hybridized carbons (Fsp3) is 0.357. The highest BCUT2D eigenvalue weighted by Gasteiger charge is 1.98. The SMILES string of the molecule is Cc1nc(CCNCCOc2ccc(Br)cc2)cs1. The molecule has 0 aliphatic carbocycles. The summed E-state index contributed by atoms with van der Waals surface area (Å²) in [7, 11) is 0. The number of aryl methyl sites for hydroxylation is 1. The minimum Gasteiger partial charge on any atom is -0.492 e. The van der Waals surface area contributed by atoms with E-state index in [0.29, 0.717) is 6.61 Å². The van der Waals surface area contributed by atoms with E-state index in [9.17, 15) is 0 Å². The van der Waals surface area contributed by atoms with Crippen molar-refractivity contribution < 1.29 is 4.74 Å². The Hall–Kier alpha value is -0.910. The summed E-state index contributed by atoms with van der Waals surface area (Å²) in [6, 6.07) is 7.88. The maximum Gasteiger partial charge on any atom is 0.119 e. The highest BCUT2D eigenvalue weighted by molar-refractivity contribution is 9.10. The quantitative estimate of drug-likeness (QED) is 0.784. The Balaban J connectivity index is 1.56. The smallest absolute Gasteiger partial charge is 0.119 e. The van der Waals surface area contributed by atoms with Crippen molar-refractivity contribution in [1.29, 1.82) is 0 Å². The first-order valence-electron chi connectivity index (χ1n) is 6.24. The van der Waals surface area contributed by atoms with Crippen LogP contribution in [0.15, 0.2) is 34.1 Å². The van der Waals surface area contributed by atoms with Crippen LogP contribution in [0, 0.1) is 6.92 Å². The zero-order valence-corrected chi connectivity index (χ0v) is 13.3. The van der Waals surface area contributed by atoms with Crippen LogP contribution in [0.3, 0.4) is 0 Å². The molecule has 0 atom stereocenters. The van der Waals surface area contributed by atoms with Crippen molar-refractivity contribution in [2.45, 2.75) is 13.3 Å². The van der Waals surface area contributed by atoms with Gasteiger partial charge in [-0.2, -0.15) is 0 Å². The molecule has 19 heavy (non-hydrogen) atoms. The van der Waals surface area contributed by atoms with E-state index in [1.54, 1.807) is 11.3 Å². The first kappa shape index (κ1) is 14.5. The Morgan fingerprint density at radius 2 is 2.05 bits per heavy atom. The van der Waals surface area contributed by atoms with Crippen molar-refractivity contribution in [3.05, 3.63) is 44.8 Å². The van der Waals surface area contributed by atoms with Gasteiger partial charge < -0.3 is 10.1 Å². The molecule has 2 aromatic rings.